The summed E-state index contributed by atoms with van der Waals surface area (Å²) < 4.78 is 0. The molecule has 0 bridgehead atoms. The first-order valence-electron chi connectivity index (χ1n) is 6.69. The van der Waals surface area contributed by atoms with E-state index in [1.807, 2.05) is 26.0 Å². The van der Waals surface area contributed by atoms with Gasteiger partial charge < -0.3 is 4.90 Å². The van der Waals surface area contributed by atoms with Crippen LogP contribution in [-0.2, 0) is 4.79 Å². The maximum atomic E-state index is 12.2. The minimum Gasteiger partial charge on any atom is -0.304 e. The van der Waals surface area contributed by atoms with E-state index in [0.717, 1.165) is 23.2 Å². The Morgan fingerprint density at radius 3 is 2.21 bits per heavy atom. The Morgan fingerprint density at radius 1 is 1.05 bits per heavy atom. The first-order chi connectivity index (χ1) is 8.72. The number of fused-ring (bicyclic) bond motifs is 1. The van der Waals surface area contributed by atoms with Gasteiger partial charge in [-0.3, -0.25) is 9.59 Å². The van der Waals surface area contributed by atoms with Gasteiger partial charge in [-0.25, -0.2) is 0 Å². The van der Waals surface area contributed by atoms with Crippen LogP contribution in [0.25, 0.3) is 0 Å². The molecule has 0 saturated heterocycles. The van der Waals surface area contributed by atoms with Gasteiger partial charge in [0.1, 0.15) is 0 Å². The SMILES string of the molecule is Cc1ccc(C)c2c1C(=O)C(=O)N2CCC(C)(C)C. The Balaban J connectivity index is 2.42. The summed E-state index contributed by atoms with van der Waals surface area (Å²) in [6, 6.07) is 3.89. The highest BCUT2D eigenvalue weighted by molar-refractivity contribution is 6.52. The topological polar surface area (TPSA) is 37.4 Å². The van der Waals surface area contributed by atoms with Gasteiger partial charge in [-0.1, -0.05) is 32.9 Å². The van der Waals surface area contributed by atoms with E-state index in [1.165, 1.54) is 0 Å². The van der Waals surface area contributed by atoms with Gasteiger partial charge >= 0.3 is 0 Å². The van der Waals surface area contributed by atoms with Crippen LogP contribution in [0.3, 0.4) is 0 Å². The maximum Gasteiger partial charge on any atom is 0.299 e. The molecule has 102 valence electrons. The summed E-state index contributed by atoms with van der Waals surface area (Å²) in [4.78, 5) is 25.9. The molecule has 0 N–H and O–H groups in total. The fourth-order valence-electron chi connectivity index (χ4n) is 2.42. The van der Waals surface area contributed by atoms with E-state index in [9.17, 15) is 9.59 Å². The van der Waals surface area contributed by atoms with E-state index in [2.05, 4.69) is 20.8 Å². The zero-order valence-corrected chi connectivity index (χ0v) is 12.3. The van der Waals surface area contributed by atoms with Crippen molar-refractivity contribution in [3.63, 3.8) is 0 Å². The average Bonchev–Trinajstić information content (AvgIpc) is 2.55. The molecule has 0 spiro atoms. The molecule has 0 saturated carbocycles. The fraction of sp³-hybridized carbons (Fsp3) is 0.500. The molecule has 3 heteroatoms. The Kier molecular flexibility index (Phi) is 3.25. The summed E-state index contributed by atoms with van der Waals surface area (Å²) in [6.07, 6.45) is 0.874. The van der Waals surface area contributed by atoms with Crippen molar-refractivity contribution in [1.29, 1.82) is 0 Å². The number of ketones is 1. The summed E-state index contributed by atoms with van der Waals surface area (Å²) in [7, 11) is 0. The molecule has 1 heterocycles. The number of hydrogen-bond donors (Lipinski definition) is 0. The van der Waals surface area contributed by atoms with Crippen LogP contribution >= 0.6 is 0 Å². The van der Waals surface area contributed by atoms with Gasteiger partial charge in [0.2, 0.25) is 0 Å². The highest BCUT2D eigenvalue weighted by Gasteiger charge is 2.38. The second-order valence-electron chi connectivity index (χ2n) is 6.52. The zero-order valence-electron chi connectivity index (χ0n) is 12.3. The van der Waals surface area contributed by atoms with E-state index in [0.29, 0.717) is 12.1 Å². The van der Waals surface area contributed by atoms with Gasteiger partial charge in [0.05, 0.1) is 11.3 Å². The molecule has 1 amide bonds. The Bertz CT molecular complexity index is 553. The molecule has 1 aliphatic heterocycles. The van der Waals surface area contributed by atoms with Crippen molar-refractivity contribution in [3.8, 4) is 0 Å². The minimum atomic E-state index is -0.378. The van der Waals surface area contributed by atoms with Crippen LogP contribution in [0.5, 0.6) is 0 Å². The second kappa shape index (κ2) is 4.48. The molecule has 1 aromatic rings. The van der Waals surface area contributed by atoms with Gasteiger partial charge in [-0.15, -0.1) is 0 Å². The molecule has 0 atom stereocenters. The molecule has 3 nitrogen and oxygen atoms in total. The smallest absolute Gasteiger partial charge is 0.299 e. The third kappa shape index (κ3) is 2.42. The lowest BCUT2D eigenvalue weighted by atomic mass is 9.92. The number of amides is 1. The number of carbonyl (C=O) groups excluding carboxylic acids is 2. The molecule has 1 aliphatic rings. The van der Waals surface area contributed by atoms with Gasteiger partial charge in [-0.2, -0.15) is 0 Å². The van der Waals surface area contributed by atoms with Crippen LogP contribution in [0, 0.1) is 19.3 Å². The van der Waals surface area contributed by atoms with Crippen LogP contribution in [0.1, 0.15) is 48.7 Å². The van der Waals surface area contributed by atoms with E-state index in [4.69, 9.17) is 0 Å². The molecular weight excluding hydrogens is 238 g/mol. The van der Waals surface area contributed by atoms with Gasteiger partial charge in [-0.05, 0) is 36.8 Å². The Morgan fingerprint density at radius 2 is 1.63 bits per heavy atom. The first kappa shape index (κ1) is 13.8. The summed E-state index contributed by atoms with van der Waals surface area (Å²) >= 11 is 0. The summed E-state index contributed by atoms with van der Waals surface area (Å²) in [5.74, 6) is -0.734. The van der Waals surface area contributed by atoms with Gasteiger partial charge in [0.25, 0.3) is 11.7 Å². The molecule has 0 aromatic heterocycles. The van der Waals surface area contributed by atoms with Crippen molar-refractivity contribution >= 4 is 17.4 Å². The van der Waals surface area contributed by atoms with E-state index in [-0.39, 0.29) is 17.1 Å². The van der Waals surface area contributed by atoms with Crippen LogP contribution in [0.15, 0.2) is 12.1 Å². The summed E-state index contributed by atoms with van der Waals surface area (Å²) in [5.41, 5.74) is 3.44. The molecular formula is C16H21NO2. The molecule has 19 heavy (non-hydrogen) atoms. The van der Waals surface area contributed by atoms with Crippen molar-refractivity contribution in [2.75, 3.05) is 11.4 Å². The van der Waals surface area contributed by atoms with Crippen molar-refractivity contribution in [3.05, 3.63) is 28.8 Å². The number of hydrogen-bond acceptors (Lipinski definition) is 2. The largest absolute Gasteiger partial charge is 0.304 e. The monoisotopic (exact) mass is 259 g/mol. The molecule has 0 radical (unpaired) electrons. The van der Waals surface area contributed by atoms with Crippen molar-refractivity contribution < 1.29 is 9.59 Å². The van der Waals surface area contributed by atoms with E-state index >= 15 is 0 Å². The Labute approximate surface area is 114 Å². The van der Waals surface area contributed by atoms with Crippen molar-refractivity contribution in [2.24, 2.45) is 5.41 Å². The summed E-state index contributed by atoms with van der Waals surface area (Å²) in [6.45, 7) is 10.9. The van der Waals surface area contributed by atoms with E-state index < -0.39 is 0 Å². The molecule has 1 aromatic carbocycles. The molecule has 0 aliphatic carbocycles. The molecule has 0 fully saturated rings. The van der Waals surface area contributed by atoms with Crippen molar-refractivity contribution in [2.45, 2.75) is 41.0 Å². The minimum absolute atomic E-state index is 0.143. The average molecular weight is 259 g/mol. The van der Waals surface area contributed by atoms with E-state index in [1.54, 1.807) is 4.90 Å². The predicted octanol–water partition coefficient (Wildman–Crippen LogP) is 3.27. The summed E-state index contributed by atoms with van der Waals surface area (Å²) in [5, 5.41) is 0. The number of anilines is 1. The number of benzene rings is 1. The maximum absolute atomic E-state index is 12.2. The zero-order chi connectivity index (χ0) is 14.4. The van der Waals surface area contributed by atoms with Crippen LogP contribution in [0.2, 0.25) is 0 Å². The highest BCUT2D eigenvalue weighted by Crippen LogP contribution is 2.35. The van der Waals surface area contributed by atoms with Gasteiger partial charge in [0.15, 0.2) is 0 Å². The third-order valence-electron chi connectivity index (χ3n) is 3.61. The lowest BCUT2D eigenvalue weighted by Gasteiger charge is -2.24. The lowest BCUT2D eigenvalue weighted by Crippen LogP contribution is -2.32. The van der Waals surface area contributed by atoms with Crippen LogP contribution in [0.4, 0.5) is 5.69 Å². The number of nitrogens with zero attached hydrogens (tertiary/aromatic N) is 1. The van der Waals surface area contributed by atoms with Crippen molar-refractivity contribution in [1.82, 2.24) is 0 Å². The number of aryl methyl sites for hydroxylation is 2. The second-order valence-corrected chi connectivity index (χ2v) is 6.52. The number of carbonyl (C=O) groups is 2. The Hall–Kier alpha value is -1.64. The standard InChI is InChI=1S/C16H21NO2/c1-10-6-7-11(2)13-12(10)14(18)15(19)17(13)9-8-16(3,4)5/h6-7H,8-9H2,1-5H3. The third-order valence-corrected chi connectivity index (χ3v) is 3.61. The fourth-order valence-corrected chi connectivity index (χ4v) is 2.42. The lowest BCUT2D eigenvalue weighted by molar-refractivity contribution is -0.114. The number of Topliss-reactive ketones (excluding diaryl/α,β-unsaturated/α-hetero) is 1. The van der Waals surface area contributed by atoms with Crippen LogP contribution < -0.4 is 4.90 Å². The highest BCUT2D eigenvalue weighted by atomic mass is 16.2. The quantitative estimate of drug-likeness (QED) is 0.764. The van der Waals surface area contributed by atoms with Gasteiger partial charge in [0, 0.05) is 6.54 Å². The molecule has 0 unspecified atom stereocenters. The normalized spacial score (nSPS) is 15.1. The molecule has 2 rings (SSSR count). The first-order valence-corrected chi connectivity index (χ1v) is 6.69. The van der Waals surface area contributed by atoms with Crippen LogP contribution in [-0.4, -0.2) is 18.2 Å². The predicted molar refractivity (Wildman–Crippen MR) is 76.7 cm³/mol. The number of rotatable bonds is 2.